The van der Waals surface area contributed by atoms with Crippen molar-refractivity contribution in [3.63, 3.8) is 0 Å². The molecule has 0 bridgehead atoms. The van der Waals surface area contributed by atoms with E-state index in [9.17, 15) is 0 Å². The van der Waals surface area contributed by atoms with Gasteiger partial charge >= 0.3 is 0 Å². The topological polar surface area (TPSA) is 35.2 Å². The summed E-state index contributed by atoms with van der Waals surface area (Å²) in [4.78, 5) is 4.74. The van der Waals surface area contributed by atoms with Gasteiger partial charge in [-0.25, -0.2) is 5.90 Å². The minimum atomic E-state index is 0.357. The van der Waals surface area contributed by atoms with E-state index in [1.165, 1.54) is 18.4 Å². The van der Waals surface area contributed by atoms with Crippen LogP contribution in [0.2, 0.25) is 0 Å². The quantitative estimate of drug-likeness (QED) is 0.713. The number of hydrogen-bond donors (Lipinski definition) is 1. The van der Waals surface area contributed by atoms with E-state index in [0.29, 0.717) is 12.0 Å². The molecule has 0 amide bonds. The highest BCUT2D eigenvalue weighted by Crippen LogP contribution is 2.48. The van der Waals surface area contributed by atoms with E-state index >= 15 is 0 Å². The van der Waals surface area contributed by atoms with Crippen molar-refractivity contribution in [2.24, 2.45) is 11.3 Å². The second kappa shape index (κ2) is 3.48. The Morgan fingerprint density at radius 2 is 1.92 bits per heavy atom. The first kappa shape index (κ1) is 8.73. The van der Waals surface area contributed by atoms with Gasteiger partial charge in [0.05, 0.1) is 6.61 Å². The van der Waals surface area contributed by atoms with Crippen molar-refractivity contribution in [3.8, 4) is 0 Å². The Morgan fingerprint density at radius 1 is 1.23 bits per heavy atom. The van der Waals surface area contributed by atoms with E-state index < -0.39 is 0 Å². The van der Waals surface area contributed by atoms with Crippen LogP contribution in [0.15, 0.2) is 30.3 Å². The average molecular weight is 177 g/mol. The molecule has 1 aromatic carbocycles. The summed E-state index contributed by atoms with van der Waals surface area (Å²) in [5.74, 6) is 5.11. The molecule has 0 spiro atoms. The van der Waals surface area contributed by atoms with Crippen LogP contribution in [0.5, 0.6) is 0 Å². The molecule has 0 unspecified atom stereocenters. The lowest BCUT2D eigenvalue weighted by Gasteiger charge is -2.12. The van der Waals surface area contributed by atoms with Gasteiger partial charge in [-0.2, -0.15) is 0 Å². The Balaban J connectivity index is 1.98. The van der Waals surface area contributed by atoms with Gasteiger partial charge in [-0.1, -0.05) is 30.3 Å². The molecular weight excluding hydrogens is 162 g/mol. The van der Waals surface area contributed by atoms with Crippen LogP contribution in [0.4, 0.5) is 0 Å². The first-order valence-corrected chi connectivity index (χ1v) is 4.70. The fourth-order valence-electron chi connectivity index (χ4n) is 1.75. The van der Waals surface area contributed by atoms with Gasteiger partial charge in [-0.05, 0) is 30.2 Å². The molecule has 0 heterocycles. The molecule has 0 saturated heterocycles. The second-order valence-corrected chi connectivity index (χ2v) is 3.97. The molecular formula is C11H15NO. The number of nitrogens with two attached hydrogens (primary N) is 1. The Morgan fingerprint density at radius 3 is 2.46 bits per heavy atom. The lowest BCUT2D eigenvalue weighted by Crippen LogP contribution is -2.16. The van der Waals surface area contributed by atoms with Crippen molar-refractivity contribution in [1.82, 2.24) is 0 Å². The van der Waals surface area contributed by atoms with Crippen molar-refractivity contribution in [1.29, 1.82) is 0 Å². The van der Waals surface area contributed by atoms with E-state index in [4.69, 9.17) is 10.7 Å². The monoisotopic (exact) mass is 177 g/mol. The van der Waals surface area contributed by atoms with Gasteiger partial charge in [0.2, 0.25) is 0 Å². The zero-order valence-electron chi connectivity index (χ0n) is 7.70. The van der Waals surface area contributed by atoms with Gasteiger partial charge in [-0.3, -0.25) is 0 Å². The van der Waals surface area contributed by atoms with Crippen LogP contribution in [-0.4, -0.2) is 6.61 Å². The molecule has 1 saturated carbocycles. The predicted octanol–water partition coefficient (Wildman–Crippen LogP) is 1.90. The van der Waals surface area contributed by atoms with Gasteiger partial charge in [0.25, 0.3) is 0 Å². The van der Waals surface area contributed by atoms with Crippen molar-refractivity contribution in [2.75, 3.05) is 6.61 Å². The summed E-state index contributed by atoms with van der Waals surface area (Å²) in [6.07, 6.45) is 3.60. The van der Waals surface area contributed by atoms with Crippen molar-refractivity contribution < 1.29 is 4.84 Å². The number of rotatable bonds is 4. The maximum absolute atomic E-state index is 5.11. The van der Waals surface area contributed by atoms with E-state index in [1.807, 2.05) is 6.07 Å². The van der Waals surface area contributed by atoms with Crippen molar-refractivity contribution in [3.05, 3.63) is 35.9 Å². The van der Waals surface area contributed by atoms with E-state index in [2.05, 4.69) is 24.3 Å². The summed E-state index contributed by atoms with van der Waals surface area (Å²) in [6, 6.07) is 10.5. The molecule has 0 aliphatic heterocycles. The molecule has 2 rings (SSSR count). The normalized spacial score (nSPS) is 18.5. The molecule has 1 aliphatic carbocycles. The summed E-state index contributed by atoms with van der Waals surface area (Å²) < 4.78 is 0. The Bertz CT molecular complexity index is 267. The third-order valence-corrected chi connectivity index (χ3v) is 2.77. The maximum atomic E-state index is 5.11. The van der Waals surface area contributed by atoms with Gasteiger partial charge < -0.3 is 4.84 Å². The smallest absolute Gasteiger partial charge is 0.0738 e. The zero-order chi connectivity index (χ0) is 9.15. The van der Waals surface area contributed by atoms with Gasteiger partial charge in [0, 0.05) is 0 Å². The summed E-state index contributed by atoms with van der Waals surface area (Å²) in [5.41, 5.74) is 1.74. The van der Waals surface area contributed by atoms with Gasteiger partial charge in [0.1, 0.15) is 0 Å². The molecule has 1 fully saturated rings. The third-order valence-electron chi connectivity index (χ3n) is 2.77. The summed E-state index contributed by atoms with van der Waals surface area (Å²) >= 11 is 0. The lowest BCUT2D eigenvalue weighted by atomic mass is 9.98. The molecule has 2 heteroatoms. The number of hydrogen-bond acceptors (Lipinski definition) is 2. The Labute approximate surface area is 78.7 Å². The first-order chi connectivity index (χ1) is 6.35. The first-order valence-electron chi connectivity index (χ1n) is 4.70. The van der Waals surface area contributed by atoms with Gasteiger partial charge in [0.15, 0.2) is 0 Å². The minimum absolute atomic E-state index is 0.357. The summed E-state index contributed by atoms with van der Waals surface area (Å²) in [5, 5.41) is 0. The fraction of sp³-hybridized carbons (Fsp3) is 0.455. The minimum Gasteiger partial charge on any atom is -0.304 e. The van der Waals surface area contributed by atoms with Crippen LogP contribution in [0, 0.1) is 5.41 Å². The van der Waals surface area contributed by atoms with Crippen LogP contribution in [0.25, 0.3) is 0 Å². The van der Waals surface area contributed by atoms with Crippen LogP contribution >= 0.6 is 0 Å². The molecule has 13 heavy (non-hydrogen) atoms. The number of benzene rings is 1. The van der Waals surface area contributed by atoms with E-state index in [1.54, 1.807) is 0 Å². The molecule has 1 aliphatic rings. The predicted molar refractivity (Wildman–Crippen MR) is 52.0 cm³/mol. The average Bonchev–Trinajstić information content (AvgIpc) is 2.87. The van der Waals surface area contributed by atoms with Crippen LogP contribution < -0.4 is 5.90 Å². The molecule has 1 aromatic rings. The molecule has 0 atom stereocenters. The molecule has 0 radical (unpaired) electrons. The van der Waals surface area contributed by atoms with Crippen molar-refractivity contribution >= 4 is 0 Å². The Hall–Kier alpha value is -0.860. The molecule has 2 nitrogen and oxygen atoms in total. The maximum Gasteiger partial charge on any atom is 0.0738 e. The standard InChI is InChI=1S/C11H15NO/c12-13-9-11(6-7-11)8-10-4-2-1-3-5-10/h1-5H,6-9,12H2. The summed E-state index contributed by atoms with van der Waals surface area (Å²) in [6.45, 7) is 0.696. The highest BCUT2D eigenvalue weighted by atomic mass is 16.6. The summed E-state index contributed by atoms with van der Waals surface area (Å²) in [7, 11) is 0. The zero-order valence-corrected chi connectivity index (χ0v) is 7.70. The second-order valence-electron chi connectivity index (χ2n) is 3.97. The molecule has 0 aromatic heterocycles. The van der Waals surface area contributed by atoms with Gasteiger partial charge in [-0.15, -0.1) is 0 Å². The highest BCUT2D eigenvalue weighted by Gasteiger charge is 2.42. The fourth-order valence-corrected chi connectivity index (χ4v) is 1.75. The van der Waals surface area contributed by atoms with Crippen LogP contribution in [0.3, 0.4) is 0 Å². The Kier molecular flexibility index (Phi) is 2.34. The highest BCUT2D eigenvalue weighted by molar-refractivity contribution is 5.18. The SMILES string of the molecule is NOCC1(Cc2ccccc2)CC1. The van der Waals surface area contributed by atoms with Crippen LogP contribution in [0.1, 0.15) is 18.4 Å². The molecule has 70 valence electrons. The van der Waals surface area contributed by atoms with E-state index in [0.717, 1.165) is 6.42 Å². The third kappa shape index (κ3) is 2.08. The van der Waals surface area contributed by atoms with Crippen LogP contribution in [-0.2, 0) is 11.3 Å². The lowest BCUT2D eigenvalue weighted by molar-refractivity contribution is 0.0916. The van der Waals surface area contributed by atoms with E-state index in [-0.39, 0.29) is 0 Å². The molecule has 2 N–H and O–H groups in total. The van der Waals surface area contributed by atoms with Crippen molar-refractivity contribution in [2.45, 2.75) is 19.3 Å². The largest absolute Gasteiger partial charge is 0.304 e.